The van der Waals surface area contributed by atoms with Gasteiger partial charge in [-0.25, -0.2) is 14.4 Å². The summed E-state index contributed by atoms with van der Waals surface area (Å²) in [7, 11) is 0. The molecule has 1 aliphatic carbocycles. The van der Waals surface area contributed by atoms with Gasteiger partial charge in [0.25, 0.3) is 0 Å². The van der Waals surface area contributed by atoms with Crippen LogP contribution in [-0.2, 0) is 18.6 Å². The molecule has 5 heteroatoms. The Balaban J connectivity index is 1.66. The number of aromatic nitrogens is 2. The first kappa shape index (κ1) is 14.2. The molecule has 1 aromatic carbocycles. The fraction of sp³-hybridized carbons (Fsp3) is 0.294. The van der Waals surface area contributed by atoms with E-state index >= 15 is 0 Å². The van der Waals surface area contributed by atoms with Gasteiger partial charge in [-0.1, -0.05) is 12.1 Å². The molecule has 2 aromatic heterocycles. The van der Waals surface area contributed by atoms with Crippen LogP contribution in [0.25, 0.3) is 10.2 Å². The maximum atomic E-state index is 13.0. The molecule has 0 saturated heterocycles. The first-order chi connectivity index (χ1) is 10.8. The van der Waals surface area contributed by atoms with Crippen LogP contribution in [-0.4, -0.2) is 9.97 Å². The average Bonchev–Trinajstić information content (AvgIpc) is 2.93. The first-order valence-corrected chi connectivity index (χ1v) is 9.24. The fourth-order valence-electron chi connectivity index (χ4n) is 2.90. The SMILES string of the molecule is Fc1ccc(CSc2ncnc3sc4c(c23)CCCC4)cc1. The first-order valence-electron chi connectivity index (χ1n) is 7.44. The van der Waals surface area contributed by atoms with E-state index < -0.39 is 0 Å². The Bertz CT molecular complexity index is 811. The number of hydrogen-bond donors (Lipinski definition) is 0. The maximum absolute atomic E-state index is 13.0. The van der Waals surface area contributed by atoms with Crippen LogP contribution in [0.2, 0.25) is 0 Å². The van der Waals surface area contributed by atoms with Gasteiger partial charge < -0.3 is 0 Å². The van der Waals surface area contributed by atoms with Crippen LogP contribution in [0.1, 0.15) is 28.8 Å². The van der Waals surface area contributed by atoms with Gasteiger partial charge in [0.05, 0.1) is 0 Å². The predicted molar refractivity (Wildman–Crippen MR) is 90.0 cm³/mol. The summed E-state index contributed by atoms with van der Waals surface area (Å²) in [5.41, 5.74) is 2.58. The van der Waals surface area contributed by atoms with Crippen molar-refractivity contribution in [2.45, 2.75) is 36.5 Å². The molecule has 0 aliphatic heterocycles. The van der Waals surface area contributed by atoms with Gasteiger partial charge in [-0.15, -0.1) is 23.1 Å². The Morgan fingerprint density at radius 1 is 1.09 bits per heavy atom. The average molecular weight is 330 g/mol. The zero-order valence-corrected chi connectivity index (χ0v) is 13.6. The summed E-state index contributed by atoms with van der Waals surface area (Å²) in [6.07, 6.45) is 6.53. The zero-order chi connectivity index (χ0) is 14.9. The molecular formula is C17H15FN2S2. The molecule has 0 fully saturated rings. The summed E-state index contributed by atoms with van der Waals surface area (Å²) >= 11 is 3.54. The molecule has 0 bridgehead atoms. The lowest BCUT2D eigenvalue weighted by Crippen LogP contribution is -1.99. The van der Waals surface area contributed by atoms with Gasteiger partial charge in [0, 0.05) is 16.0 Å². The lowest BCUT2D eigenvalue weighted by Gasteiger charge is -2.11. The van der Waals surface area contributed by atoms with Crippen molar-refractivity contribution in [1.82, 2.24) is 9.97 Å². The van der Waals surface area contributed by atoms with Crippen LogP contribution in [0.3, 0.4) is 0 Å². The Hall–Kier alpha value is -1.46. The molecule has 0 atom stereocenters. The number of hydrogen-bond acceptors (Lipinski definition) is 4. The van der Waals surface area contributed by atoms with Crippen molar-refractivity contribution >= 4 is 33.3 Å². The fourth-order valence-corrected chi connectivity index (χ4v) is 5.18. The third-order valence-electron chi connectivity index (χ3n) is 4.01. The minimum absolute atomic E-state index is 0.190. The standard InChI is InChI=1S/C17H15FN2S2/c18-12-7-5-11(6-8-12)9-21-16-15-13-3-1-2-4-14(13)22-17(15)20-10-19-16/h5-8,10H,1-4,9H2. The Labute approximate surface area is 136 Å². The minimum atomic E-state index is -0.190. The van der Waals surface area contributed by atoms with E-state index in [1.165, 1.54) is 47.2 Å². The molecule has 2 nitrogen and oxygen atoms in total. The molecule has 22 heavy (non-hydrogen) atoms. The molecule has 0 radical (unpaired) electrons. The van der Waals surface area contributed by atoms with Crippen molar-refractivity contribution in [3.8, 4) is 0 Å². The van der Waals surface area contributed by atoms with Crippen LogP contribution in [0, 0.1) is 5.82 Å². The van der Waals surface area contributed by atoms with E-state index in [1.54, 1.807) is 18.1 Å². The summed E-state index contributed by atoms with van der Waals surface area (Å²) in [5, 5.41) is 2.32. The van der Waals surface area contributed by atoms with Gasteiger partial charge in [-0.05, 0) is 48.9 Å². The highest BCUT2D eigenvalue weighted by Gasteiger charge is 2.19. The van der Waals surface area contributed by atoms with Crippen molar-refractivity contribution in [1.29, 1.82) is 0 Å². The van der Waals surface area contributed by atoms with Crippen molar-refractivity contribution in [3.05, 3.63) is 52.4 Å². The second-order valence-corrected chi connectivity index (χ2v) is 7.53. The quantitative estimate of drug-likeness (QED) is 0.499. The van der Waals surface area contributed by atoms with Crippen molar-refractivity contribution in [2.24, 2.45) is 0 Å². The summed E-state index contributed by atoms with van der Waals surface area (Å²) in [5.74, 6) is 0.613. The third kappa shape index (κ3) is 2.63. The Morgan fingerprint density at radius 2 is 1.91 bits per heavy atom. The van der Waals surface area contributed by atoms with Gasteiger partial charge in [0.1, 0.15) is 22.0 Å². The van der Waals surface area contributed by atoms with Gasteiger partial charge in [-0.2, -0.15) is 0 Å². The number of thiophene rings is 1. The lowest BCUT2D eigenvalue weighted by atomic mass is 9.97. The Kier molecular flexibility index (Phi) is 3.84. The molecule has 0 amide bonds. The second kappa shape index (κ2) is 5.97. The third-order valence-corrected chi connectivity index (χ3v) is 6.27. The Morgan fingerprint density at radius 3 is 2.77 bits per heavy atom. The van der Waals surface area contributed by atoms with E-state index in [2.05, 4.69) is 9.97 Å². The van der Waals surface area contributed by atoms with E-state index in [0.29, 0.717) is 0 Å². The number of halogens is 1. The highest BCUT2D eigenvalue weighted by atomic mass is 32.2. The summed E-state index contributed by atoms with van der Waals surface area (Å²) < 4.78 is 13.0. The molecule has 0 spiro atoms. The highest BCUT2D eigenvalue weighted by molar-refractivity contribution is 7.98. The molecule has 0 N–H and O–H groups in total. The summed E-state index contributed by atoms with van der Waals surface area (Å²) in [6, 6.07) is 6.70. The lowest BCUT2D eigenvalue weighted by molar-refractivity contribution is 0.627. The van der Waals surface area contributed by atoms with Gasteiger partial charge >= 0.3 is 0 Å². The predicted octanol–water partition coefficient (Wildman–Crippen LogP) is 5.00. The molecule has 0 saturated carbocycles. The molecule has 1 aliphatic rings. The van der Waals surface area contributed by atoms with Crippen LogP contribution >= 0.6 is 23.1 Å². The van der Waals surface area contributed by atoms with Gasteiger partial charge in [0.2, 0.25) is 0 Å². The largest absolute Gasteiger partial charge is 0.229 e. The molecular weight excluding hydrogens is 315 g/mol. The number of thioether (sulfide) groups is 1. The van der Waals surface area contributed by atoms with E-state index in [-0.39, 0.29) is 5.82 Å². The zero-order valence-electron chi connectivity index (χ0n) is 12.0. The smallest absolute Gasteiger partial charge is 0.128 e. The maximum Gasteiger partial charge on any atom is 0.128 e. The minimum Gasteiger partial charge on any atom is -0.229 e. The molecule has 112 valence electrons. The van der Waals surface area contributed by atoms with Crippen molar-refractivity contribution in [2.75, 3.05) is 0 Å². The topological polar surface area (TPSA) is 25.8 Å². The van der Waals surface area contributed by atoms with Crippen molar-refractivity contribution < 1.29 is 4.39 Å². The normalized spacial score (nSPS) is 14.2. The molecule has 0 unspecified atom stereocenters. The van der Waals surface area contributed by atoms with Crippen molar-refractivity contribution in [3.63, 3.8) is 0 Å². The van der Waals surface area contributed by atoms with Gasteiger partial charge in [0.15, 0.2) is 0 Å². The van der Waals surface area contributed by atoms with Crippen LogP contribution in [0.5, 0.6) is 0 Å². The van der Waals surface area contributed by atoms with E-state index in [0.717, 1.165) is 27.6 Å². The van der Waals surface area contributed by atoms with E-state index in [9.17, 15) is 4.39 Å². The molecule has 2 heterocycles. The van der Waals surface area contributed by atoms with Crippen LogP contribution in [0.4, 0.5) is 4.39 Å². The number of fused-ring (bicyclic) bond motifs is 3. The highest BCUT2D eigenvalue weighted by Crippen LogP contribution is 2.39. The monoisotopic (exact) mass is 330 g/mol. The van der Waals surface area contributed by atoms with E-state index in [4.69, 9.17) is 0 Å². The summed E-state index contributed by atoms with van der Waals surface area (Å²) in [6.45, 7) is 0. The van der Waals surface area contributed by atoms with E-state index in [1.807, 2.05) is 23.5 Å². The number of rotatable bonds is 3. The molecule has 4 rings (SSSR count). The number of benzene rings is 1. The second-order valence-electron chi connectivity index (χ2n) is 5.49. The van der Waals surface area contributed by atoms with Crippen LogP contribution in [0.15, 0.2) is 35.6 Å². The summed E-state index contributed by atoms with van der Waals surface area (Å²) in [4.78, 5) is 11.6. The molecule has 3 aromatic rings. The number of nitrogens with zero attached hydrogens (tertiary/aromatic N) is 2. The van der Waals surface area contributed by atoms with Gasteiger partial charge in [-0.3, -0.25) is 0 Å². The van der Waals surface area contributed by atoms with Crippen LogP contribution < -0.4 is 0 Å². The number of aryl methyl sites for hydroxylation is 2.